The lowest BCUT2D eigenvalue weighted by atomic mass is 9.96. The molecule has 0 atom stereocenters. The maximum atomic E-state index is 11.7. The van der Waals surface area contributed by atoms with E-state index in [2.05, 4.69) is 4.42 Å². The van der Waals surface area contributed by atoms with Crippen molar-refractivity contribution < 1.29 is 14.3 Å². The van der Waals surface area contributed by atoms with Gasteiger partial charge in [-0.3, -0.25) is 4.79 Å². The van der Waals surface area contributed by atoms with Gasteiger partial charge in [0.15, 0.2) is 0 Å². The van der Waals surface area contributed by atoms with Gasteiger partial charge in [0, 0.05) is 6.07 Å². The van der Waals surface area contributed by atoms with Crippen LogP contribution in [0.5, 0.6) is 0 Å². The lowest BCUT2D eigenvalue weighted by molar-refractivity contribution is -0.0669. The number of amides is 1. The van der Waals surface area contributed by atoms with Crippen molar-refractivity contribution in [3.05, 3.63) is 34.4 Å². The minimum atomic E-state index is -0.786. The van der Waals surface area contributed by atoms with E-state index in [1.165, 1.54) is 17.0 Å². The van der Waals surface area contributed by atoms with Gasteiger partial charge in [-0.15, -0.1) is 0 Å². The van der Waals surface area contributed by atoms with Gasteiger partial charge in [0.2, 0.25) is 0 Å². The maximum Gasteiger partial charge on any atom is 0.335 e. The van der Waals surface area contributed by atoms with Crippen molar-refractivity contribution in [1.82, 2.24) is 4.90 Å². The summed E-state index contributed by atoms with van der Waals surface area (Å²) < 4.78 is 4.58. The normalized spacial score (nSPS) is 18.4. The Bertz CT molecular complexity index is 420. The number of carbonyl (C=O) groups is 1. The number of likely N-dealkylation sites (tertiary alicyclic amines) is 1. The number of aliphatic hydroxyl groups is 1. The molecule has 0 spiro atoms. The lowest BCUT2D eigenvalue weighted by Gasteiger charge is -2.44. The van der Waals surface area contributed by atoms with Gasteiger partial charge >= 0.3 is 5.63 Å². The minimum Gasteiger partial charge on any atom is -0.430 e. The van der Waals surface area contributed by atoms with Gasteiger partial charge in [0.1, 0.15) is 6.26 Å². The molecule has 2 rings (SSSR count). The number of hydrogen-bond donors (Lipinski definition) is 1. The summed E-state index contributed by atoms with van der Waals surface area (Å²) in [6.07, 6.45) is 1.14. The standard InChI is InChI=1S/C10H11NO4/c1-10(14)5-11(6-10)9(13)7-2-3-8(12)15-4-7/h2-4,14H,5-6H2,1H3. The third kappa shape index (κ3) is 1.92. The van der Waals surface area contributed by atoms with Crippen molar-refractivity contribution >= 4 is 5.91 Å². The van der Waals surface area contributed by atoms with Crippen LogP contribution >= 0.6 is 0 Å². The Kier molecular flexibility index (Phi) is 2.12. The number of carbonyl (C=O) groups excluding carboxylic acids is 1. The molecule has 0 bridgehead atoms. The zero-order valence-electron chi connectivity index (χ0n) is 8.27. The molecule has 1 aliphatic rings. The van der Waals surface area contributed by atoms with Crippen LogP contribution in [0.15, 0.2) is 27.6 Å². The summed E-state index contributed by atoms with van der Waals surface area (Å²) in [4.78, 5) is 23.8. The van der Waals surface area contributed by atoms with Crippen molar-refractivity contribution in [2.24, 2.45) is 0 Å². The number of rotatable bonds is 1. The fourth-order valence-corrected chi connectivity index (χ4v) is 1.58. The van der Waals surface area contributed by atoms with Gasteiger partial charge in [0.25, 0.3) is 5.91 Å². The molecular weight excluding hydrogens is 198 g/mol. The van der Waals surface area contributed by atoms with Gasteiger partial charge < -0.3 is 14.4 Å². The Labute approximate surface area is 85.9 Å². The largest absolute Gasteiger partial charge is 0.430 e. The molecule has 1 fully saturated rings. The fourth-order valence-electron chi connectivity index (χ4n) is 1.58. The minimum absolute atomic E-state index is 0.231. The van der Waals surface area contributed by atoms with Crippen LogP contribution in [0, 0.1) is 0 Å². The first-order chi connectivity index (χ1) is 6.98. The fraction of sp³-hybridized carbons (Fsp3) is 0.400. The van der Waals surface area contributed by atoms with E-state index in [4.69, 9.17) is 0 Å². The summed E-state index contributed by atoms with van der Waals surface area (Å²) in [5.41, 5.74) is -0.946. The van der Waals surface area contributed by atoms with Crippen LogP contribution in [0.25, 0.3) is 0 Å². The van der Waals surface area contributed by atoms with Crippen LogP contribution in [0.4, 0.5) is 0 Å². The summed E-state index contributed by atoms with van der Waals surface area (Å²) >= 11 is 0. The molecule has 1 N–H and O–H groups in total. The van der Waals surface area contributed by atoms with Crippen LogP contribution in [-0.4, -0.2) is 34.6 Å². The van der Waals surface area contributed by atoms with Crippen molar-refractivity contribution in [2.45, 2.75) is 12.5 Å². The van der Waals surface area contributed by atoms with Gasteiger partial charge in [-0.25, -0.2) is 4.79 Å². The van der Waals surface area contributed by atoms with Crippen LogP contribution in [-0.2, 0) is 0 Å². The van der Waals surface area contributed by atoms with Crippen molar-refractivity contribution in [1.29, 1.82) is 0 Å². The van der Waals surface area contributed by atoms with E-state index < -0.39 is 11.2 Å². The molecule has 2 heterocycles. The van der Waals surface area contributed by atoms with E-state index in [1.807, 2.05) is 0 Å². The van der Waals surface area contributed by atoms with Crippen molar-refractivity contribution in [3.63, 3.8) is 0 Å². The zero-order chi connectivity index (χ0) is 11.1. The Balaban J connectivity index is 2.10. The summed E-state index contributed by atoms with van der Waals surface area (Å²) in [6, 6.07) is 2.62. The zero-order valence-corrected chi connectivity index (χ0v) is 8.27. The van der Waals surface area contributed by atoms with Crippen molar-refractivity contribution in [2.75, 3.05) is 13.1 Å². The van der Waals surface area contributed by atoms with Gasteiger partial charge in [-0.1, -0.05) is 0 Å². The van der Waals surface area contributed by atoms with Gasteiger partial charge in [-0.2, -0.15) is 0 Å². The first kappa shape index (κ1) is 9.92. The molecule has 0 unspecified atom stereocenters. The molecule has 80 valence electrons. The molecule has 5 nitrogen and oxygen atoms in total. The summed E-state index contributed by atoms with van der Waals surface area (Å²) in [6.45, 7) is 2.29. The number of nitrogens with zero attached hydrogens (tertiary/aromatic N) is 1. The summed E-state index contributed by atoms with van der Waals surface area (Å²) in [7, 11) is 0. The van der Waals surface area contributed by atoms with E-state index in [0.29, 0.717) is 18.7 Å². The molecule has 1 aromatic rings. The topological polar surface area (TPSA) is 70.8 Å². The molecule has 1 aliphatic heterocycles. The van der Waals surface area contributed by atoms with E-state index >= 15 is 0 Å². The highest BCUT2D eigenvalue weighted by Crippen LogP contribution is 2.21. The Morgan fingerprint density at radius 1 is 1.53 bits per heavy atom. The molecular formula is C10H11NO4. The second-order valence-electron chi connectivity index (χ2n) is 4.00. The molecule has 5 heteroatoms. The van der Waals surface area contributed by atoms with Gasteiger partial charge in [0.05, 0.1) is 24.3 Å². The van der Waals surface area contributed by atoms with E-state index in [1.54, 1.807) is 6.92 Å². The highest BCUT2D eigenvalue weighted by Gasteiger charge is 2.39. The molecule has 1 saturated heterocycles. The van der Waals surface area contributed by atoms with E-state index in [0.717, 1.165) is 6.26 Å². The van der Waals surface area contributed by atoms with Crippen LogP contribution in [0.3, 0.4) is 0 Å². The first-order valence-corrected chi connectivity index (χ1v) is 4.58. The summed E-state index contributed by atoms with van der Waals surface area (Å²) in [5, 5.41) is 9.46. The SMILES string of the molecule is CC1(O)CN(C(=O)c2ccc(=O)oc2)C1. The smallest absolute Gasteiger partial charge is 0.335 e. The van der Waals surface area contributed by atoms with Gasteiger partial charge in [-0.05, 0) is 13.0 Å². The first-order valence-electron chi connectivity index (χ1n) is 4.58. The average molecular weight is 209 g/mol. The van der Waals surface area contributed by atoms with Crippen LogP contribution in [0.2, 0.25) is 0 Å². The Morgan fingerprint density at radius 2 is 2.20 bits per heavy atom. The monoisotopic (exact) mass is 209 g/mol. The molecule has 15 heavy (non-hydrogen) atoms. The highest BCUT2D eigenvalue weighted by molar-refractivity contribution is 5.94. The Hall–Kier alpha value is -1.62. The molecule has 0 aliphatic carbocycles. The third-order valence-electron chi connectivity index (χ3n) is 2.30. The predicted octanol–water partition coefficient (Wildman–Crippen LogP) is -0.153. The Morgan fingerprint density at radius 3 is 2.67 bits per heavy atom. The van der Waals surface area contributed by atoms with Crippen LogP contribution < -0.4 is 5.63 Å². The number of β-amino-alcohol motifs (C(OH)–C–C–N with tert-alkyl or cyclic N) is 1. The second-order valence-corrected chi connectivity index (χ2v) is 4.00. The van der Waals surface area contributed by atoms with Crippen LogP contribution in [0.1, 0.15) is 17.3 Å². The molecule has 1 aromatic heterocycles. The molecule has 0 saturated carbocycles. The maximum absolute atomic E-state index is 11.7. The van der Waals surface area contributed by atoms with Crippen molar-refractivity contribution in [3.8, 4) is 0 Å². The molecule has 0 aromatic carbocycles. The number of hydrogen-bond acceptors (Lipinski definition) is 4. The van der Waals surface area contributed by atoms with E-state index in [-0.39, 0.29) is 5.91 Å². The lowest BCUT2D eigenvalue weighted by Crippen LogP contribution is -2.61. The predicted molar refractivity (Wildman–Crippen MR) is 51.5 cm³/mol. The summed E-state index contributed by atoms with van der Waals surface area (Å²) in [5.74, 6) is -0.231. The highest BCUT2D eigenvalue weighted by atomic mass is 16.4. The average Bonchev–Trinajstić information content (AvgIpc) is 2.14. The quantitative estimate of drug-likeness (QED) is 0.698. The molecule has 0 radical (unpaired) electrons. The third-order valence-corrected chi connectivity index (χ3v) is 2.30. The van der Waals surface area contributed by atoms with E-state index in [9.17, 15) is 14.7 Å². The second kappa shape index (κ2) is 3.20. The molecule has 1 amide bonds.